The molecule has 1 heterocycles. The molecule has 7 aromatic rings. The van der Waals surface area contributed by atoms with Crippen molar-refractivity contribution in [3.05, 3.63) is 139 Å². The van der Waals surface area contributed by atoms with Gasteiger partial charge < -0.3 is 10.7 Å². The number of fused-ring (bicyclic) bond motifs is 4. The van der Waals surface area contributed by atoms with Gasteiger partial charge in [0.1, 0.15) is 5.82 Å². The van der Waals surface area contributed by atoms with Crippen LogP contribution in [0.4, 0.5) is 5.82 Å². The van der Waals surface area contributed by atoms with Crippen molar-refractivity contribution >= 4 is 27.5 Å². The number of H-pyrrole nitrogens is 1. The lowest BCUT2D eigenvalue weighted by Gasteiger charge is -2.09. The Bertz CT molecular complexity index is 1950. The van der Waals surface area contributed by atoms with Crippen LogP contribution in [0, 0.1) is 6.92 Å². The van der Waals surface area contributed by atoms with E-state index < -0.39 is 0 Å². The number of benzene rings is 6. The van der Waals surface area contributed by atoms with Crippen molar-refractivity contribution in [2.45, 2.75) is 6.92 Å². The summed E-state index contributed by atoms with van der Waals surface area (Å²) in [7, 11) is 0. The standard InChI is InChI=1S/C22H14.C15H14N2/c1-2-7-15(8-3-1)16-13-14-21-18-10-5-4-9-17(18)20-12-6-11-19(16)22(20)21;1-10-6-2-3-7-11(10)14-12-8-4-5-9-13(12)17-15(14)16/h1-14H;2-9,17H,16H2,1H3. The number of nitrogens with two attached hydrogens (primary N) is 1. The van der Waals surface area contributed by atoms with Crippen LogP contribution >= 0.6 is 0 Å². The van der Waals surface area contributed by atoms with Crippen molar-refractivity contribution in [2.24, 2.45) is 0 Å². The molecular weight excluding hydrogens is 472 g/mol. The molecule has 2 heteroatoms. The van der Waals surface area contributed by atoms with E-state index in [1.165, 1.54) is 60.7 Å². The first-order valence-electron chi connectivity index (χ1n) is 13.3. The second-order valence-corrected chi connectivity index (χ2v) is 10.1. The molecule has 2 nitrogen and oxygen atoms in total. The van der Waals surface area contributed by atoms with E-state index in [9.17, 15) is 0 Å². The minimum Gasteiger partial charge on any atom is -0.385 e. The molecule has 3 N–H and O–H groups in total. The van der Waals surface area contributed by atoms with Crippen molar-refractivity contribution in [1.29, 1.82) is 0 Å². The number of anilines is 1. The molecule has 1 aliphatic carbocycles. The lowest BCUT2D eigenvalue weighted by Crippen LogP contribution is -1.89. The van der Waals surface area contributed by atoms with Gasteiger partial charge in [0.05, 0.1) is 0 Å². The molecule has 0 atom stereocenters. The maximum absolute atomic E-state index is 6.10. The third-order valence-electron chi connectivity index (χ3n) is 7.78. The van der Waals surface area contributed by atoms with Gasteiger partial charge in [-0.05, 0) is 68.3 Å². The van der Waals surface area contributed by atoms with Crippen molar-refractivity contribution in [1.82, 2.24) is 4.98 Å². The first-order valence-corrected chi connectivity index (χ1v) is 13.3. The zero-order chi connectivity index (χ0) is 26.3. The number of hydrogen-bond acceptors (Lipinski definition) is 1. The summed E-state index contributed by atoms with van der Waals surface area (Å²) in [6.07, 6.45) is 0. The van der Waals surface area contributed by atoms with Crippen LogP contribution in [0.3, 0.4) is 0 Å². The maximum atomic E-state index is 6.10. The van der Waals surface area contributed by atoms with E-state index in [1.54, 1.807) is 0 Å². The van der Waals surface area contributed by atoms with Crippen LogP contribution in [0.15, 0.2) is 133 Å². The summed E-state index contributed by atoms with van der Waals surface area (Å²) in [4.78, 5) is 3.23. The number of nitrogens with one attached hydrogen (secondary N) is 1. The molecule has 0 radical (unpaired) electrons. The van der Waals surface area contributed by atoms with Crippen LogP contribution in [-0.4, -0.2) is 4.98 Å². The molecule has 0 spiro atoms. The average Bonchev–Trinajstić information content (AvgIpc) is 3.50. The van der Waals surface area contributed by atoms with E-state index in [0.717, 1.165) is 16.9 Å². The van der Waals surface area contributed by atoms with Crippen LogP contribution in [0.2, 0.25) is 0 Å². The average molecular weight is 501 g/mol. The fraction of sp³-hybridized carbons (Fsp3) is 0.0270. The lowest BCUT2D eigenvalue weighted by atomic mass is 9.94. The van der Waals surface area contributed by atoms with E-state index in [2.05, 4.69) is 115 Å². The van der Waals surface area contributed by atoms with Gasteiger partial charge in [0.15, 0.2) is 0 Å². The summed E-state index contributed by atoms with van der Waals surface area (Å²) < 4.78 is 0. The number of hydrogen-bond donors (Lipinski definition) is 2. The number of aryl methyl sites for hydroxylation is 1. The fourth-order valence-corrected chi connectivity index (χ4v) is 5.98. The molecule has 0 aliphatic heterocycles. The number of rotatable bonds is 2. The number of aromatic nitrogens is 1. The monoisotopic (exact) mass is 500 g/mol. The Morgan fingerprint density at radius 2 is 1.03 bits per heavy atom. The van der Waals surface area contributed by atoms with Gasteiger partial charge in [-0.15, -0.1) is 0 Å². The van der Waals surface area contributed by atoms with Crippen molar-refractivity contribution in [2.75, 3.05) is 5.73 Å². The predicted molar refractivity (Wildman–Crippen MR) is 167 cm³/mol. The smallest absolute Gasteiger partial charge is 0.109 e. The third kappa shape index (κ3) is 3.81. The summed E-state index contributed by atoms with van der Waals surface area (Å²) in [5.74, 6) is 0.737. The number of para-hydroxylation sites is 1. The van der Waals surface area contributed by atoms with Crippen molar-refractivity contribution in [3.63, 3.8) is 0 Å². The van der Waals surface area contributed by atoms with Gasteiger partial charge in [-0.1, -0.05) is 127 Å². The van der Waals surface area contributed by atoms with Gasteiger partial charge in [-0.2, -0.15) is 0 Å². The molecule has 0 fully saturated rings. The van der Waals surface area contributed by atoms with Gasteiger partial charge in [-0.3, -0.25) is 0 Å². The molecule has 6 aromatic carbocycles. The van der Waals surface area contributed by atoms with E-state index >= 15 is 0 Å². The predicted octanol–water partition coefficient (Wildman–Crippen LogP) is 9.88. The van der Waals surface area contributed by atoms with Crippen molar-refractivity contribution in [3.8, 4) is 44.5 Å². The van der Waals surface area contributed by atoms with Crippen LogP contribution in [0.25, 0.3) is 66.2 Å². The van der Waals surface area contributed by atoms with Crippen LogP contribution in [0.1, 0.15) is 5.56 Å². The molecule has 0 unspecified atom stereocenters. The topological polar surface area (TPSA) is 41.8 Å². The Morgan fingerprint density at radius 1 is 0.462 bits per heavy atom. The Hall–Kier alpha value is -5.08. The summed E-state index contributed by atoms with van der Waals surface area (Å²) in [5, 5.41) is 3.92. The summed E-state index contributed by atoms with van der Waals surface area (Å²) in [6.45, 7) is 2.11. The van der Waals surface area contributed by atoms with E-state index in [0.29, 0.717) is 0 Å². The summed E-state index contributed by atoms with van der Waals surface area (Å²) in [6, 6.07) is 47.1. The van der Waals surface area contributed by atoms with E-state index in [1.807, 2.05) is 30.3 Å². The Morgan fingerprint density at radius 3 is 1.79 bits per heavy atom. The Balaban J connectivity index is 0.000000135. The van der Waals surface area contributed by atoms with Gasteiger partial charge in [0.2, 0.25) is 0 Å². The second kappa shape index (κ2) is 9.34. The highest BCUT2D eigenvalue weighted by atomic mass is 14.9. The molecule has 1 aromatic heterocycles. The molecule has 0 amide bonds. The SMILES string of the molecule is Cc1ccccc1-c1c(N)[nH]c2ccccc12.c1ccc(-c2ccc3c4c(cccc24)-c2ccccc2-3)cc1. The van der Waals surface area contributed by atoms with Gasteiger partial charge in [-0.25, -0.2) is 0 Å². The zero-order valence-electron chi connectivity index (χ0n) is 21.8. The normalized spacial score (nSPS) is 11.3. The van der Waals surface area contributed by atoms with Gasteiger partial charge in [0.25, 0.3) is 0 Å². The molecule has 39 heavy (non-hydrogen) atoms. The molecule has 186 valence electrons. The highest BCUT2D eigenvalue weighted by Gasteiger charge is 2.21. The zero-order valence-corrected chi connectivity index (χ0v) is 21.8. The number of nitrogen functional groups attached to an aromatic ring is 1. The molecule has 0 bridgehead atoms. The minimum absolute atomic E-state index is 0.737. The maximum Gasteiger partial charge on any atom is 0.109 e. The molecular formula is C37H28N2. The van der Waals surface area contributed by atoms with Crippen LogP contribution in [-0.2, 0) is 0 Å². The minimum atomic E-state index is 0.737. The highest BCUT2D eigenvalue weighted by Crippen LogP contribution is 2.49. The van der Waals surface area contributed by atoms with Crippen LogP contribution < -0.4 is 5.73 Å². The Kier molecular flexibility index (Phi) is 5.53. The molecule has 1 aliphatic rings. The number of aromatic amines is 1. The highest BCUT2D eigenvalue weighted by molar-refractivity contribution is 6.18. The van der Waals surface area contributed by atoms with Gasteiger partial charge in [0, 0.05) is 16.5 Å². The fourth-order valence-electron chi connectivity index (χ4n) is 5.98. The summed E-state index contributed by atoms with van der Waals surface area (Å²) >= 11 is 0. The van der Waals surface area contributed by atoms with E-state index in [4.69, 9.17) is 5.73 Å². The van der Waals surface area contributed by atoms with E-state index in [-0.39, 0.29) is 0 Å². The first-order chi connectivity index (χ1) is 19.2. The molecule has 8 rings (SSSR count). The largest absolute Gasteiger partial charge is 0.385 e. The lowest BCUT2D eigenvalue weighted by molar-refractivity contribution is 1.44. The van der Waals surface area contributed by atoms with Gasteiger partial charge >= 0.3 is 0 Å². The summed E-state index contributed by atoms with van der Waals surface area (Å²) in [5.41, 5.74) is 18.8. The molecule has 0 saturated carbocycles. The van der Waals surface area contributed by atoms with Crippen LogP contribution in [0.5, 0.6) is 0 Å². The Labute approximate surface area is 228 Å². The first kappa shape index (κ1) is 23.1. The second-order valence-electron chi connectivity index (χ2n) is 10.1. The quantitative estimate of drug-likeness (QED) is 0.244. The molecule has 0 saturated heterocycles. The third-order valence-corrected chi connectivity index (χ3v) is 7.78. The van der Waals surface area contributed by atoms with Crippen molar-refractivity contribution < 1.29 is 0 Å².